The summed E-state index contributed by atoms with van der Waals surface area (Å²) in [6.07, 6.45) is 1.62. The summed E-state index contributed by atoms with van der Waals surface area (Å²) in [4.78, 5) is 16.2. The molecule has 0 aliphatic carbocycles. The van der Waals surface area contributed by atoms with Crippen LogP contribution >= 0.6 is 23.2 Å². The fourth-order valence-corrected chi connectivity index (χ4v) is 6.07. The van der Waals surface area contributed by atoms with Gasteiger partial charge in [0.25, 0.3) is 0 Å². The molecule has 2 aromatic rings. The highest BCUT2D eigenvalue weighted by molar-refractivity contribution is 6.30. The molecule has 2 aliphatic rings. The van der Waals surface area contributed by atoms with Crippen molar-refractivity contribution in [3.63, 3.8) is 0 Å². The standard InChI is InChI=1S/C28H35Cl2NO4/c1-5-22(16-32)31-25(18-9-11-20(29)12-10-18)24(19-7-6-8-21(30)13-19)15-28(4,26(31)33)14-23-17-34-27(2,3)35-23/h6-13,22-25,32H,5,14-17H2,1-4H3/t22-,23?,24+,25?,28-/m0/s1. The molecule has 35 heavy (non-hydrogen) atoms. The number of piperidine rings is 1. The fourth-order valence-electron chi connectivity index (χ4n) is 5.75. The third-order valence-corrected chi connectivity index (χ3v) is 7.90. The minimum atomic E-state index is -0.701. The molecule has 1 N–H and O–H groups in total. The monoisotopic (exact) mass is 519 g/mol. The average molecular weight is 520 g/mol. The average Bonchev–Trinajstić information content (AvgIpc) is 3.15. The van der Waals surface area contributed by atoms with Gasteiger partial charge >= 0.3 is 0 Å². The van der Waals surface area contributed by atoms with E-state index in [0.29, 0.717) is 35.9 Å². The molecule has 190 valence electrons. The summed E-state index contributed by atoms with van der Waals surface area (Å²) in [6.45, 7) is 8.17. The van der Waals surface area contributed by atoms with Gasteiger partial charge in [0.2, 0.25) is 5.91 Å². The molecule has 0 aromatic heterocycles. The molecule has 4 rings (SSSR count). The first-order chi connectivity index (χ1) is 16.6. The van der Waals surface area contributed by atoms with Crippen LogP contribution in [-0.2, 0) is 14.3 Å². The van der Waals surface area contributed by atoms with Gasteiger partial charge in [0.05, 0.1) is 31.4 Å². The quantitative estimate of drug-likeness (QED) is 0.461. The van der Waals surface area contributed by atoms with Crippen molar-refractivity contribution in [2.45, 2.75) is 76.9 Å². The number of aliphatic hydroxyl groups excluding tert-OH is 1. The molecular formula is C28H35Cl2NO4. The van der Waals surface area contributed by atoms with Crippen molar-refractivity contribution in [1.82, 2.24) is 4.90 Å². The van der Waals surface area contributed by atoms with Gasteiger partial charge in [0.15, 0.2) is 5.79 Å². The molecular weight excluding hydrogens is 485 g/mol. The van der Waals surface area contributed by atoms with Crippen LogP contribution in [0, 0.1) is 5.41 Å². The highest BCUT2D eigenvalue weighted by Gasteiger charge is 2.53. The Morgan fingerprint density at radius 1 is 1.09 bits per heavy atom. The molecule has 0 spiro atoms. The van der Waals surface area contributed by atoms with Gasteiger partial charge in [-0.2, -0.15) is 0 Å². The lowest BCUT2D eigenvalue weighted by Crippen LogP contribution is -2.57. The Morgan fingerprint density at radius 2 is 1.80 bits per heavy atom. The molecule has 0 bridgehead atoms. The van der Waals surface area contributed by atoms with E-state index in [4.69, 9.17) is 32.7 Å². The minimum Gasteiger partial charge on any atom is -0.394 e. The molecule has 2 saturated heterocycles. The number of hydrogen-bond acceptors (Lipinski definition) is 4. The Balaban J connectivity index is 1.82. The second-order valence-corrected chi connectivity index (χ2v) is 11.4. The number of carbonyl (C=O) groups excluding carboxylic acids is 1. The van der Waals surface area contributed by atoms with E-state index < -0.39 is 11.2 Å². The summed E-state index contributed by atoms with van der Waals surface area (Å²) in [6, 6.07) is 15.0. The summed E-state index contributed by atoms with van der Waals surface area (Å²) in [5.41, 5.74) is 1.36. The van der Waals surface area contributed by atoms with Gasteiger partial charge < -0.3 is 19.5 Å². The van der Waals surface area contributed by atoms with Crippen molar-refractivity contribution < 1.29 is 19.4 Å². The molecule has 0 saturated carbocycles. The molecule has 5 atom stereocenters. The number of halogens is 2. The molecule has 1 amide bonds. The Hall–Kier alpha value is -1.63. The molecule has 2 aromatic carbocycles. The van der Waals surface area contributed by atoms with Gasteiger partial charge in [-0.1, -0.05) is 61.3 Å². The van der Waals surface area contributed by atoms with Gasteiger partial charge in [-0.3, -0.25) is 4.79 Å². The number of ether oxygens (including phenoxy) is 2. The van der Waals surface area contributed by atoms with Crippen LogP contribution in [0.4, 0.5) is 0 Å². The topological polar surface area (TPSA) is 59.0 Å². The van der Waals surface area contributed by atoms with Crippen LogP contribution in [-0.4, -0.2) is 47.1 Å². The van der Waals surface area contributed by atoms with Gasteiger partial charge in [-0.05, 0) is 68.5 Å². The van der Waals surface area contributed by atoms with Crippen LogP contribution in [0.1, 0.15) is 70.0 Å². The first kappa shape index (κ1) is 26.4. The number of amides is 1. The highest BCUT2D eigenvalue weighted by atomic mass is 35.5. The Kier molecular flexibility index (Phi) is 7.85. The Bertz CT molecular complexity index is 1040. The van der Waals surface area contributed by atoms with Crippen LogP contribution in [0.25, 0.3) is 0 Å². The van der Waals surface area contributed by atoms with E-state index in [1.54, 1.807) is 0 Å². The van der Waals surface area contributed by atoms with E-state index in [1.165, 1.54) is 0 Å². The first-order valence-electron chi connectivity index (χ1n) is 12.3. The SMILES string of the molecule is CC[C@@H](CO)N1C(=O)[C@@](C)(CC2COC(C)(C)O2)C[C@H](c2cccc(Cl)c2)C1c1ccc(Cl)cc1. The molecule has 7 heteroatoms. The van der Waals surface area contributed by atoms with Crippen molar-refractivity contribution in [2.24, 2.45) is 5.41 Å². The van der Waals surface area contributed by atoms with Crippen LogP contribution < -0.4 is 0 Å². The van der Waals surface area contributed by atoms with Crippen molar-refractivity contribution in [1.29, 1.82) is 0 Å². The zero-order chi connectivity index (χ0) is 25.4. The first-order valence-corrected chi connectivity index (χ1v) is 13.1. The second-order valence-electron chi connectivity index (χ2n) is 10.5. The minimum absolute atomic E-state index is 0.0323. The number of nitrogens with zero attached hydrogens (tertiary/aromatic N) is 1. The lowest BCUT2D eigenvalue weighted by atomic mass is 9.66. The van der Waals surface area contributed by atoms with Gasteiger partial charge in [0, 0.05) is 21.4 Å². The van der Waals surface area contributed by atoms with E-state index in [1.807, 2.05) is 75.1 Å². The number of aliphatic hydroxyl groups is 1. The highest BCUT2D eigenvalue weighted by Crippen LogP contribution is 2.53. The predicted octanol–water partition coefficient (Wildman–Crippen LogP) is 6.37. The smallest absolute Gasteiger partial charge is 0.229 e. The van der Waals surface area contributed by atoms with E-state index in [9.17, 15) is 9.90 Å². The van der Waals surface area contributed by atoms with Crippen LogP contribution in [0.15, 0.2) is 48.5 Å². The Morgan fingerprint density at radius 3 is 2.37 bits per heavy atom. The maximum Gasteiger partial charge on any atom is 0.229 e. The largest absolute Gasteiger partial charge is 0.394 e. The van der Waals surface area contributed by atoms with Crippen molar-refractivity contribution >= 4 is 29.1 Å². The maximum absolute atomic E-state index is 14.3. The van der Waals surface area contributed by atoms with E-state index >= 15 is 0 Å². The zero-order valence-electron chi connectivity index (χ0n) is 20.8. The lowest BCUT2D eigenvalue weighted by molar-refractivity contribution is -0.164. The predicted molar refractivity (Wildman–Crippen MR) is 139 cm³/mol. The number of benzene rings is 2. The van der Waals surface area contributed by atoms with E-state index in [-0.39, 0.29) is 36.6 Å². The molecule has 5 nitrogen and oxygen atoms in total. The van der Waals surface area contributed by atoms with E-state index in [0.717, 1.165) is 11.1 Å². The maximum atomic E-state index is 14.3. The van der Waals surface area contributed by atoms with Gasteiger partial charge in [-0.15, -0.1) is 0 Å². The summed E-state index contributed by atoms with van der Waals surface area (Å²) in [5.74, 6) is -0.660. The summed E-state index contributed by atoms with van der Waals surface area (Å²) >= 11 is 12.6. The lowest BCUT2D eigenvalue weighted by Gasteiger charge is -2.52. The third kappa shape index (κ3) is 5.55. The molecule has 2 aliphatic heterocycles. The fraction of sp³-hybridized carbons (Fsp3) is 0.536. The summed E-state index contributed by atoms with van der Waals surface area (Å²) < 4.78 is 11.9. The van der Waals surface area contributed by atoms with Crippen LogP contribution in [0.3, 0.4) is 0 Å². The van der Waals surface area contributed by atoms with Gasteiger partial charge in [0.1, 0.15) is 0 Å². The number of carbonyl (C=O) groups is 1. The third-order valence-electron chi connectivity index (χ3n) is 7.41. The molecule has 2 fully saturated rings. The summed E-state index contributed by atoms with van der Waals surface area (Å²) in [5, 5.41) is 11.6. The van der Waals surface area contributed by atoms with E-state index in [2.05, 4.69) is 6.07 Å². The number of likely N-dealkylation sites (tertiary alicyclic amines) is 1. The zero-order valence-corrected chi connectivity index (χ0v) is 22.4. The van der Waals surface area contributed by atoms with Crippen LogP contribution in [0.2, 0.25) is 10.0 Å². The summed E-state index contributed by atoms with van der Waals surface area (Å²) in [7, 11) is 0. The van der Waals surface area contributed by atoms with Crippen molar-refractivity contribution in [2.75, 3.05) is 13.2 Å². The molecule has 2 unspecified atom stereocenters. The number of rotatable bonds is 7. The van der Waals surface area contributed by atoms with Gasteiger partial charge in [-0.25, -0.2) is 0 Å². The Labute approximate surface area is 218 Å². The van der Waals surface area contributed by atoms with Crippen molar-refractivity contribution in [3.8, 4) is 0 Å². The number of hydrogen-bond donors (Lipinski definition) is 1. The molecule has 0 radical (unpaired) electrons. The normalized spacial score (nSPS) is 29.4. The van der Waals surface area contributed by atoms with Crippen molar-refractivity contribution in [3.05, 3.63) is 69.7 Å². The second kappa shape index (κ2) is 10.4. The molecule has 2 heterocycles. The van der Waals surface area contributed by atoms with Crippen LogP contribution in [0.5, 0.6) is 0 Å².